The van der Waals surface area contributed by atoms with Gasteiger partial charge in [-0.25, -0.2) is 0 Å². The van der Waals surface area contributed by atoms with Crippen molar-refractivity contribution in [1.29, 1.82) is 0 Å². The van der Waals surface area contributed by atoms with E-state index in [4.69, 9.17) is 4.74 Å². The maximum absolute atomic E-state index is 11.8. The van der Waals surface area contributed by atoms with Crippen LogP contribution < -0.4 is 0 Å². The molecule has 15 heavy (non-hydrogen) atoms. The molecule has 88 valence electrons. The van der Waals surface area contributed by atoms with Gasteiger partial charge in [-0.15, -0.1) is 0 Å². The quantitative estimate of drug-likeness (QED) is 0.666. The Morgan fingerprint density at radius 1 is 1.40 bits per heavy atom. The Morgan fingerprint density at radius 3 is 2.47 bits per heavy atom. The molecule has 1 heterocycles. The van der Waals surface area contributed by atoms with E-state index in [2.05, 4.69) is 20.8 Å². The Bertz CT molecular complexity index is 230. The molecule has 1 rings (SSSR count). The number of morpholine rings is 1. The van der Waals surface area contributed by atoms with Gasteiger partial charge in [-0.05, 0) is 5.41 Å². The average molecular weight is 213 g/mol. The summed E-state index contributed by atoms with van der Waals surface area (Å²) in [5.74, 6) is 0.330. The van der Waals surface area contributed by atoms with Crippen molar-refractivity contribution in [2.24, 2.45) is 11.3 Å². The topological polar surface area (TPSA) is 29.5 Å². The van der Waals surface area contributed by atoms with Gasteiger partial charge in [-0.3, -0.25) is 4.79 Å². The summed E-state index contributed by atoms with van der Waals surface area (Å²) in [4.78, 5) is 13.8. The van der Waals surface area contributed by atoms with Gasteiger partial charge in [0.15, 0.2) is 0 Å². The molecule has 0 bridgehead atoms. The summed E-state index contributed by atoms with van der Waals surface area (Å²) in [5, 5.41) is 0. The highest BCUT2D eigenvalue weighted by Gasteiger charge is 2.32. The van der Waals surface area contributed by atoms with Gasteiger partial charge in [-0.2, -0.15) is 0 Å². The van der Waals surface area contributed by atoms with Gasteiger partial charge in [0.05, 0.1) is 12.7 Å². The van der Waals surface area contributed by atoms with Crippen molar-refractivity contribution >= 4 is 5.91 Å². The molecule has 1 amide bonds. The molecule has 1 aliphatic heterocycles. The Hall–Kier alpha value is -0.570. The van der Waals surface area contributed by atoms with Gasteiger partial charge in [0.2, 0.25) is 5.91 Å². The van der Waals surface area contributed by atoms with E-state index in [1.54, 1.807) is 0 Å². The predicted molar refractivity (Wildman–Crippen MR) is 60.6 cm³/mol. The number of ether oxygens (including phenoxy) is 1. The van der Waals surface area contributed by atoms with Crippen molar-refractivity contribution < 1.29 is 9.53 Å². The van der Waals surface area contributed by atoms with E-state index in [0.29, 0.717) is 6.61 Å². The van der Waals surface area contributed by atoms with Crippen LogP contribution in [0.15, 0.2) is 0 Å². The van der Waals surface area contributed by atoms with E-state index >= 15 is 0 Å². The maximum Gasteiger partial charge on any atom is 0.225 e. The van der Waals surface area contributed by atoms with Gasteiger partial charge in [-0.1, -0.05) is 34.6 Å². The van der Waals surface area contributed by atoms with Crippen LogP contribution in [0.25, 0.3) is 0 Å². The molecule has 0 aliphatic carbocycles. The van der Waals surface area contributed by atoms with Crippen molar-refractivity contribution in [3.8, 4) is 0 Å². The van der Waals surface area contributed by atoms with Crippen LogP contribution in [0.1, 0.15) is 34.6 Å². The summed E-state index contributed by atoms with van der Waals surface area (Å²) in [6.45, 7) is 12.5. The lowest BCUT2D eigenvalue weighted by Gasteiger charge is -2.40. The normalized spacial score (nSPS) is 23.3. The van der Waals surface area contributed by atoms with Crippen molar-refractivity contribution in [2.75, 3.05) is 19.7 Å². The smallest absolute Gasteiger partial charge is 0.225 e. The monoisotopic (exact) mass is 213 g/mol. The molecule has 1 atom stereocenters. The number of amides is 1. The second-order valence-electron chi connectivity index (χ2n) is 5.66. The lowest BCUT2D eigenvalue weighted by molar-refractivity contribution is -0.146. The highest BCUT2D eigenvalue weighted by Crippen LogP contribution is 2.25. The van der Waals surface area contributed by atoms with Crippen LogP contribution in [0.5, 0.6) is 0 Å². The zero-order valence-corrected chi connectivity index (χ0v) is 10.5. The number of hydrogen-bond donors (Lipinski definition) is 0. The molecule has 0 aromatic rings. The largest absolute Gasteiger partial charge is 0.374 e. The molecule has 0 radical (unpaired) electrons. The molecule has 1 aliphatic rings. The fourth-order valence-electron chi connectivity index (χ4n) is 1.74. The summed E-state index contributed by atoms with van der Waals surface area (Å²) in [5.41, 5.74) is 0.107. The molecule has 3 heteroatoms. The van der Waals surface area contributed by atoms with Crippen LogP contribution in [0.3, 0.4) is 0 Å². The summed E-state index contributed by atoms with van der Waals surface area (Å²) in [6.07, 6.45) is 0.161. The van der Waals surface area contributed by atoms with E-state index in [9.17, 15) is 4.79 Å². The fourth-order valence-corrected chi connectivity index (χ4v) is 1.74. The second kappa shape index (κ2) is 4.52. The molecule has 1 saturated heterocycles. The zero-order chi connectivity index (χ0) is 11.6. The van der Waals surface area contributed by atoms with Crippen molar-refractivity contribution in [2.45, 2.75) is 40.7 Å². The Balaban J connectivity index is 2.60. The van der Waals surface area contributed by atoms with E-state index in [1.807, 2.05) is 18.7 Å². The van der Waals surface area contributed by atoms with Crippen LogP contribution in [0.4, 0.5) is 0 Å². The number of carbonyl (C=O) groups is 1. The maximum atomic E-state index is 11.8. The molecule has 0 N–H and O–H groups in total. The van der Waals surface area contributed by atoms with Gasteiger partial charge in [0, 0.05) is 19.0 Å². The number of hydrogen-bond acceptors (Lipinski definition) is 2. The summed E-state index contributed by atoms with van der Waals surface area (Å²) < 4.78 is 5.71. The predicted octanol–water partition coefficient (Wildman–Crippen LogP) is 1.92. The number of carbonyl (C=O) groups excluding carboxylic acids is 1. The minimum atomic E-state index is 0.0868. The Kier molecular flexibility index (Phi) is 3.77. The van der Waals surface area contributed by atoms with Crippen LogP contribution >= 0.6 is 0 Å². The first-order valence-corrected chi connectivity index (χ1v) is 5.72. The molecule has 0 unspecified atom stereocenters. The van der Waals surface area contributed by atoms with Crippen LogP contribution in [0.2, 0.25) is 0 Å². The van der Waals surface area contributed by atoms with Crippen LogP contribution in [-0.2, 0) is 9.53 Å². The first-order valence-electron chi connectivity index (χ1n) is 5.72. The van der Waals surface area contributed by atoms with E-state index in [1.165, 1.54) is 0 Å². The second-order valence-corrected chi connectivity index (χ2v) is 5.66. The summed E-state index contributed by atoms with van der Waals surface area (Å²) in [7, 11) is 0. The molecule has 0 aromatic heterocycles. The van der Waals surface area contributed by atoms with Crippen molar-refractivity contribution in [3.63, 3.8) is 0 Å². The molecular weight excluding hydrogens is 190 g/mol. The number of rotatable bonds is 1. The first kappa shape index (κ1) is 12.5. The SMILES string of the molecule is CC(C)C(=O)N1CCO[C@@H](C(C)(C)C)C1. The van der Waals surface area contributed by atoms with E-state index < -0.39 is 0 Å². The van der Waals surface area contributed by atoms with Crippen LogP contribution in [0, 0.1) is 11.3 Å². The van der Waals surface area contributed by atoms with Crippen molar-refractivity contribution in [3.05, 3.63) is 0 Å². The Morgan fingerprint density at radius 2 is 2.00 bits per heavy atom. The summed E-state index contributed by atoms with van der Waals surface area (Å²) in [6, 6.07) is 0. The van der Waals surface area contributed by atoms with Gasteiger partial charge >= 0.3 is 0 Å². The van der Waals surface area contributed by atoms with Gasteiger partial charge in [0.1, 0.15) is 0 Å². The zero-order valence-electron chi connectivity index (χ0n) is 10.5. The Labute approximate surface area is 92.8 Å². The molecule has 1 fully saturated rings. The summed E-state index contributed by atoms with van der Waals surface area (Å²) >= 11 is 0. The van der Waals surface area contributed by atoms with Crippen molar-refractivity contribution in [1.82, 2.24) is 4.90 Å². The molecule has 0 aromatic carbocycles. The average Bonchev–Trinajstić information content (AvgIpc) is 2.15. The molecular formula is C12H23NO2. The third kappa shape index (κ3) is 3.20. The molecule has 0 saturated carbocycles. The minimum Gasteiger partial charge on any atom is -0.374 e. The first-order chi connectivity index (χ1) is 6.82. The third-order valence-electron chi connectivity index (χ3n) is 2.84. The fraction of sp³-hybridized carbons (Fsp3) is 0.917. The van der Waals surface area contributed by atoms with Gasteiger partial charge in [0.25, 0.3) is 0 Å². The van der Waals surface area contributed by atoms with Crippen LogP contribution in [-0.4, -0.2) is 36.6 Å². The molecule has 0 spiro atoms. The van der Waals surface area contributed by atoms with Gasteiger partial charge < -0.3 is 9.64 Å². The lowest BCUT2D eigenvalue weighted by Crippen LogP contribution is -2.51. The lowest BCUT2D eigenvalue weighted by atomic mass is 9.88. The van der Waals surface area contributed by atoms with E-state index in [-0.39, 0.29) is 23.3 Å². The minimum absolute atomic E-state index is 0.0868. The van der Waals surface area contributed by atoms with E-state index in [0.717, 1.165) is 13.1 Å². The highest BCUT2D eigenvalue weighted by atomic mass is 16.5. The standard InChI is InChI=1S/C12H23NO2/c1-9(2)11(14)13-6-7-15-10(8-13)12(3,4)5/h9-10H,6-8H2,1-5H3/t10-/m1/s1. The third-order valence-corrected chi connectivity index (χ3v) is 2.84. The highest BCUT2D eigenvalue weighted by molar-refractivity contribution is 5.78. The number of nitrogens with zero attached hydrogens (tertiary/aromatic N) is 1. The molecule has 3 nitrogen and oxygen atoms in total.